The molecular formula is C22H36N2O3Si2. The first kappa shape index (κ1) is 23.6. The number of nitrogens with one attached hydrogen (secondary N) is 2. The standard InChI is InChI=1S/C22H36N2O3Si2/c1-25-28(3,19-11-17-23-21-13-7-5-8-14-21)27-29(4,26-2)20-12-18-24-22-15-9-6-10-16-22/h5-10,13-16,23-24H,11-12,17-20H2,1-4H3. The number of para-hydroxylation sites is 2. The molecule has 29 heavy (non-hydrogen) atoms. The average molecular weight is 433 g/mol. The summed E-state index contributed by atoms with van der Waals surface area (Å²) in [6.07, 6.45) is 2.02. The number of rotatable bonds is 14. The van der Waals surface area contributed by atoms with Crippen LogP contribution in [0.2, 0.25) is 25.2 Å². The minimum absolute atomic E-state index is 0.908. The van der Waals surface area contributed by atoms with E-state index in [2.05, 4.69) is 48.0 Å². The van der Waals surface area contributed by atoms with Gasteiger partial charge in [-0.1, -0.05) is 36.4 Å². The van der Waals surface area contributed by atoms with Crippen LogP contribution in [0.15, 0.2) is 60.7 Å². The minimum atomic E-state index is -2.27. The topological polar surface area (TPSA) is 51.8 Å². The highest BCUT2D eigenvalue weighted by molar-refractivity contribution is 6.80. The molecule has 2 aromatic carbocycles. The maximum Gasteiger partial charge on any atom is 0.325 e. The van der Waals surface area contributed by atoms with E-state index in [0.29, 0.717) is 0 Å². The van der Waals surface area contributed by atoms with Gasteiger partial charge in [-0.3, -0.25) is 0 Å². The third kappa shape index (κ3) is 8.71. The quantitative estimate of drug-likeness (QED) is 0.307. The molecule has 0 aliphatic heterocycles. The van der Waals surface area contributed by atoms with Crippen molar-refractivity contribution >= 4 is 28.5 Å². The molecule has 160 valence electrons. The molecule has 2 aromatic rings. The zero-order valence-corrected chi connectivity index (χ0v) is 20.2. The van der Waals surface area contributed by atoms with Crippen LogP contribution >= 0.6 is 0 Å². The SMILES string of the molecule is CO[Si](C)(CCCNc1ccccc1)O[Si](C)(CCCNc1ccccc1)OC. The summed E-state index contributed by atoms with van der Waals surface area (Å²) < 4.78 is 18.4. The van der Waals surface area contributed by atoms with Crippen LogP contribution in [0.25, 0.3) is 0 Å². The Morgan fingerprint density at radius 2 is 1.03 bits per heavy atom. The Hall–Kier alpha value is -1.65. The van der Waals surface area contributed by atoms with Crippen molar-refractivity contribution in [2.75, 3.05) is 37.9 Å². The molecule has 0 aliphatic rings. The van der Waals surface area contributed by atoms with Crippen LogP contribution in [0.3, 0.4) is 0 Å². The second kappa shape index (κ2) is 12.1. The molecule has 0 spiro atoms. The summed E-state index contributed by atoms with van der Waals surface area (Å²) in [5, 5.41) is 6.92. The predicted molar refractivity (Wildman–Crippen MR) is 127 cm³/mol. The van der Waals surface area contributed by atoms with E-state index in [9.17, 15) is 0 Å². The molecule has 2 atom stereocenters. The molecule has 2 rings (SSSR count). The van der Waals surface area contributed by atoms with Crippen molar-refractivity contribution in [3.05, 3.63) is 60.7 Å². The number of anilines is 2. The van der Waals surface area contributed by atoms with E-state index in [1.807, 2.05) is 36.4 Å². The van der Waals surface area contributed by atoms with E-state index >= 15 is 0 Å². The summed E-state index contributed by atoms with van der Waals surface area (Å²) >= 11 is 0. The largest absolute Gasteiger partial charge is 0.415 e. The third-order valence-corrected chi connectivity index (χ3v) is 12.8. The first-order valence-corrected chi connectivity index (χ1v) is 15.4. The molecule has 0 saturated carbocycles. The van der Waals surface area contributed by atoms with Gasteiger partial charge in [0.2, 0.25) is 0 Å². The second-order valence-corrected chi connectivity index (χ2v) is 14.7. The highest BCUT2D eigenvalue weighted by atomic mass is 28.5. The molecule has 0 heterocycles. The van der Waals surface area contributed by atoms with Crippen LogP contribution in [0, 0.1) is 0 Å². The number of benzene rings is 2. The van der Waals surface area contributed by atoms with Crippen LogP contribution in [0.1, 0.15) is 12.8 Å². The fourth-order valence-corrected chi connectivity index (χ4v) is 10.4. The summed E-state index contributed by atoms with van der Waals surface area (Å²) in [7, 11) is -0.979. The van der Waals surface area contributed by atoms with E-state index in [-0.39, 0.29) is 0 Å². The van der Waals surface area contributed by atoms with Gasteiger partial charge in [-0.05, 0) is 62.3 Å². The zero-order chi connectivity index (χ0) is 21.0. The first-order chi connectivity index (χ1) is 14.0. The first-order valence-electron chi connectivity index (χ1n) is 10.4. The number of hydrogen-bond donors (Lipinski definition) is 2. The average Bonchev–Trinajstić information content (AvgIpc) is 2.76. The van der Waals surface area contributed by atoms with Crippen molar-refractivity contribution in [2.24, 2.45) is 0 Å². The molecule has 0 bridgehead atoms. The lowest BCUT2D eigenvalue weighted by molar-refractivity contribution is 0.239. The molecule has 5 nitrogen and oxygen atoms in total. The maximum absolute atomic E-state index is 6.61. The van der Waals surface area contributed by atoms with Crippen molar-refractivity contribution in [1.29, 1.82) is 0 Å². The van der Waals surface area contributed by atoms with Crippen molar-refractivity contribution in [3.8, 4) is 0 Å². The van der Waals surface area contributed by atoms with Crippen molar-refractivity contribution < 1.29 is 13.0 Å². The van der Waals surface area contributed by atoms with Gasteiger partial charge >= 0.3 is 17.1 Å². The van der Waals surface area contributed by atoms with Gasteiger partial charge in [-0.15, -0.1) is 0 Å². The zero-order valence-electron chi connectivity index (χ0n) is 18.2. The molecular weight excluding hydrogens is 396 g/mol. The minimum Gasteiger partial charge on any atom is -0.415 e. The molecule has 0 aromatic heterocycles. The highest BCUT2D eigenvalue weighted by Crippen LogP contribution is 2.25. The van der Waals surface area contributed by atoms with Gasteiger partial charge in [0.25, 0.3) is 0 Å². The summed E-state index contributed by atoms with van der Waals surface area (Å²) in [5.41, 5.74) is 2.30. The van der Waals surface area contributed by atoms with Gasteiger partial charge in [0, 0.05) is 38.7 Å². The smallest absolute Gasteiger partial charge is 0.325 e. The molecule has 2 N–H and O–H groups in total. The van der Waals surface area contributed by atoms with Gasteiger partial charge in [-0.2, -0.15) is 0 Å². The van der Waals surface area contributed by atoms with Crippen LogP contribution in [-0.2, 0) is 13.0 Å². The Bertz CT molecular complexity index is 633. The predicted octanol–water partition coefficient (Wildman–Crippen LogP) is 5.44. The Balaban J connectivity index is 1.76. The van der Waals surface area contributed by atoms with E-state index in [1.54, 1.807) is 14.2 Å². The van der Waals surface area contributed by atoms with E-state index in [4.69, 9.17) is 13.0 Å². The molecule has 0 amide bonds. The van der Waals surface area contributed by atoms with Gasteiger partial charge in [-0.25, -0.2) is 0 Å². The van der Waals surface area contributed by atoms with E-state index in [0.717, 1.165) is 49.4 Å². The summed E-state index contributed by atoms with van der Waals surface area (Å²) in [6, 6.07) is 22.5. The van der Waals surface area contributed by atoms with Crippen molar-refractivity contribution in [1.82, 2.24) is 0 Å². The van der Waals surface area contributed by atoms with Gasteiger partial charge in [0.05, 0.1) is 0 Å². The Labute approximate surface area is 178 Å². The maximum atomic E-state index is 6.61. The summed E-state index contributed by atoms with van der Waals surface area (Å²) in [5.74, 6) is 0. The van der Waals surface area contributed by atoms with Crippen LogP contribution < -0.4 is 10.6 Å². The normalized spacial score (nSPS) is 15.3. The molecule has 2 unspecified atom stereocenters. The monoisotopic (exact) mass is 432 g/mol. The lowest BCUT2D eigenvalue weighted by Gasteiger charge is -2.35. The summed E-state index contributed by atoms with van der Waals surface area (Å²) in [6.45, 7) is 6.13. The van der Waals surface area contributed by atoms with E-state index < -0.39 is 17.1 Å². The summed E-state index contributed by atoms with van der Waals surface area (Å²) in [4.78, 5) is 0. The van der Waals surface area contributed by atoms with Gasteiger partial charge in [0.1, 0.15) is 0 Å². The Morgan fingerprint density at radius 1 is 0.655 bits per heavy atom. The lowest BCUT2D eigenvalue weighted by Crippen LogP contribution is -2.51. The van der Waals surface area contributed by atoms with Gasteiger partial charge in [0.15, 0.2) is 0 Å². The Morgan fingerprint density at radius 3 is 1.38 bits per heavy atom. The molecule has 7 heteroatoms. The van der Waals surface area contributed by atoms with Crippen molar-refractivity contribution in [2.45, 2.75) is 38.0 Å². The van der Waals surface area contributed by atoms with Crippen LogP contribution in [0.5, 0.6) is 0 Å². The van der Waals surface area contributed by atoms with Crippen molar-refractivity contribution in [3.63, 3.8) is 0 Å². The van der Waals surface area contributed by atoms with Crippen LogP contribution in [-0.4, -0.2) is 44.4 Å². The Kier molecular flexibility index (Phi) is 9.89. The van der Waals surface area contributed by atoms with Crippen LogP contribution in [0.4, 0.5) is 11.4 Å². The van der Waals surface area contributed by atoms with Gasteiger partial charge < -0.3 is 23.6 Å². The second-order valence-electron chi connectivity index (χ2n) is 7.57. The van der Waals surface area contributed by atoms with E-state index in [1.165, 1.54) is 0 Å². The molecule has 0 radical (unpaired) electrons. The molecule has 0 saturated heterocycles. The number of hydrogen-bond acceptors (Lipinski definition) is 5. The fraction of sp³-hybridized carbons (Fsp3) is 0.455. The third-order valence-electron chi connectivity index (χ3n) is 5.12. The highest BCUT2D eigenvalue weighted by Gasteiger charge is 2.41. The lowest BCUT2D eigenvalue weighted by atomic mass is 10.3. The fourth-order valence-electron chi connectivity index (χ4n) is 3.24. The molecule has 0 fully saturated rings. The molecule has 0 aliphatic carbocycles.